The van der Waals surface area contributed by atoms with Crippen LogP contribution in [0.2, 0.25) is 5.02 Å². The van der Waals surface area contributed by atoms with Crippen LogP contribution in [0.15, 0.2) is 58.1 Å². The maximum atomic E-state index is 12.7. The van der Waals surface area contributed by atoms with Gasteiger partial charge in [-0.15, -0.1) is 0 Å². The van der Waals surface area contributed by atoms with Gasteiger partial charge in [0.25, 0.3) is 0 Å². The van der Waals surface area contributed by atoms with E-state index in [1.807, 2.05) is 36.4 Å². The Bertz CT molecular complexity index is 866. The molecule has 1 amide bonds. The van der Waals surface area contributed by atoms with E-state index in [4.69, 9.17) is 16.7 Å². The van der Waals surface area contributed by atoms with E-state index in [-0.39, 0.29) is 24.8 Å². The Labute approximate surface area is 170 Å². The zero-order valence-electron chi connectivity index (χ0n) is 14.4. The van der Waals surface area contributed by atoms with Crippen molar-refractivity contribution in [1.82, 2.24) is 5.01 Å². The molecule has 0 saturated heterocycles. The number of nitrogens with zero attached hydrogens (tertiary/aromatic N) is 2. The van der Waals surface area contributed by atoms with Crippen LogP contribution >= 0.6 is 27.5 Å². The van der Waals surface area contributed by atoms with Crippen LogP contribution in [0.3, 0.4) is 0 Å². The topological polar surface area (TPSA) is 70.0 Å². The van der Waals surface area contributed by atoms with Gasteiger partial charge in [0, 0.05) is 28.8 Å². The summed E-state index contributed by atoms with van der Waals surface area (Å²) in [5, 5.41) is 15.5. The highest BCUT2D eigenvalue weighted by Gasteiger charge is 2.32. The van der Waals surface area contributed by atoms with Gasteiger partial charge in [0.05, 0.1) is 11.8 Å². The van der Waals surface area contributed by atoms with Crippen molar-refractivity contribution in [3.8, 4) is 0 Å². The standard InChI is InChI=1S/C20H18BrClN2O3/c21-15-8-4-13(5-9-15)17-12-18(14-6-10-16(22)11-7-14)24(23-17)19(25)2-1-3-20(26)27/h4-11,18H,1-3,12H2,(H,26,27)/t18-/m0/s1. The van der Waals surface area contributed by atoms with E-state index in [0.717, 1.165) is 21.3 Å². The van der Waals surface area contributed by atoms with Crippen molar-refractivity contribution in [2.24, 2.45) is 5.10 Å². The molecule has 0 bridgehead atoms. The van der Waals surface area contributed by atoms with E-state index in [2.05, 4.69) is 21.0 Å². The molecule has 0 saturated carbocycles. The summed E-state index contributed by atoms with van der Waals surface area (Å²) in [5.41, 5.74) is 2.73. The molecule has 3 rings (SSSR count). The van der Waals surface area contributed by atoms with E-state index in [0.29, 0.717) is 17.9 Å². The van der Waals surface area contributed by atoms with Gasteiger partial charge in [0.2, 0.25) is 5.91 Å². The fourth-order valence-electron chi connectivity index (χ4n) is 3.01. The number of carbonyl (C=O) groups excluding carboxylic acids is 1. The quantitative estimate of drug-likeness (QED) is 0.672. The van der Waals surface area contributed by atoms with E-state index in [1.165, 1.54) is 5.01 Å². The molecule has 0 aromatic heterocycles. The second-order valence-corrected chi connectivity index (χ2v) is 7.66. The van der Waals surface area contributed by atoms with E-state index in [9.17, 15) is 9.59 Å². The third-order valence-corrected chi connectivity index (χ3v) is 5.16. The molecule has 1 heterocycles. The van der Waals surface area contributed by atoms with Crippen LogP contribution in [0, 0.1) is 0 Å². The molecular weight excluding hydrogens is 432 g/mol. The number of rotatable bonds is 6. The number of carbonyl (C=O) groups is 2. The first-order chi connectivity index (χ1) is 12.9. The summed E-state index contributed by atoms with van der Waals surface area (Å²) in [4.78, 5) is 23.4. The summed E-state index contributed by atoms with van der Waals surface area (Å²) in [5.74, 6) is -1.08. The smallest absolute Gasteiger partial charge is 0.303 e. The lowest BCUT2D eigenvalue weighted by molar-refractivity contribution is -0.137. The Morgan fingerprint density at radius 1 is 1.11 bits per heavy atom. The highest BCUT2D eigenvalue weighted by molar-refractivity contribution is 9.10. The summed E-state index contributed by atoms with van der Waals surface area (Å²) in [6, 6.07) is 14.9. The molecule has 1 aliphatic heterocycles. The molecule has 0 radical (unpaired) electrons. The summed E-state index contributed by atoms with van der Waals surface area (Å²) in [7, 11) is 0. The zero-order valence-corrected chi connectivity index (χ0v) is 16.8. The molecule has 140 valence electrons. The third kappa shape index (κ3) is 4.96. The number of amides is 1. The Kier molecular flexibility index (Phi) is 6.29. The highest BCUT2D eigenvalue weighted by atomic mass is 79.9. The second-order valence-electron chi connectivity index (χ2n) is 6.31. The fourth-order valence-corrected chi connectivity index (χ4v) is 3.40. The monoisotopic (exact) mass is 448 g/mol. The van der Waals surface area contributed by atoms with Crippen LogP contribution in [-0.4, -0.2) is 27.7 Å². The van der Waals surface area contributed by atoms with Crippen molar-refractivity contribution in [1.29, 1.82) is 0 Å². The fraction of sp³-hybridized carbons (Fsp3) is 0.250. The minimum absolute atomic E-state index is 0.0333. The summed E-state index contributed by atoms with van der Waals surface area (Å²) < 4.78 is 0.973. The number of carboxylic acids is 1. The molecule has 5 nitrogen and oxygen atoms in total. The van der Waals surface area contributed by atoms with Crippen molar-refractivity contribution in [3.05, 3.63) is 69.2 Å². The highest BCUT2D eigenvalue weighted by Crippen LogP contribution is 2.34. The number of benzene rings is 2. The average Bonchev–Trinajstić information content (AvgIpc) is 3.08. The molecule has 7 heteroatoms. The maximum Gasteiger partial charge on any atom is 0.303 e. The number of hydrazone groups is 1. The van der Waals surface area contributed by atoms with Gasteiger partial charge in [-0.05, 0) is 41.8 Å². The van der Waals surface area contributed by atoms with Crippen LogP contribution in [0.4, 0.5) is 0 Å². The molecule has 0 fully saturated rings. The Hall–Kier alpha value is -2.18. The third-order valence-electron chi connectivity index (χ3n) is 4.38. The second kappa shape index (κ2) is 8.67. The summed E-state index contributed by atoms with van der Waals surface area (Å²) in [6.45, 7) is 0. The Morgan fingerprint density at radius 2 is 1.78 bits per heavy atom. The lowest BCUT2D eigenvalue weighted by Crippen LogP contribution is -2.27. The summed E-state index contributed by atoms with van der Waals surface area (Å²) >= 11 is 9.41. The molecule has 1 atom stereocenters. The van der Waals surface area contributed by atoms with Crippen molar-refractivity contribution < 1.29 is 14.7 Å². The van der Waals surface area contributed by atoms with Gasteiger partial charge in [-0.3, -0.25) is 9.59 Å². The largest absolute Gasteiger partial charge is 0.481 e. The van der Waals surface area contributed by atoms with E-state index in [1.54, 1.807) is 12.1 Å². The van der Waals surface area contributed by atoms with Crippen molar-refractivity contribution in [2.45, 2.75) is 31.7 Å². The molecule has 1 aliphatic rings. The minimum Gasteiger partial charge on any atom is -0.481 e. The van der Waals surface area contributed by atoms with Crippen LogP contribution < -0.4 is 0 Å². The van der Waals surface area contributed by atoms with Crippen molar-refractivity contribution in [2.75, 3.05) is 0 Å². The van der Waals surface area contributed by atoms with E-state index < -0.39 is 5.97 Å². The molecule has 1 N–H and O–H groups in total. The zero-order chi connectivity index (χ0) is 19.4. The van der Waals surface area contributed by atoms with Crippen molar-refractivity contribution in [3.63, 3.8) is 0 Å². The number of carboxylic acid groups (broad SMARTS) is 1. The molecular formula is C20H18BrClN2O3. The van der Waals surface area contributed by atoms with Crippen LogP contribution in [0.1, 0.15) is 42.9 Å². The van der Waals surface area contributed by atoms with Gasteiger partial charge in [0.1, 0.15) is 0 Å². The van der Waals surface area contributed by atoms with Gasteiger partial charge in [-0.2, -0.15) is 5.10 Å². The van der Waals surface area contributed by atoms with Crippen LogP contribution in [0.25, 0.3) is 0 Å². The normalized spacial score (nSPS) is 16.3. The van der Waals surface area contributed by atoms with Crippen molar-refractivity contribution >= 4 is 45.1 Å². The molecule has 2 aromatic rings. The van der Waals surface area contributed by atoms with Gasteiger partial charge >= 0.3 is 5.97 Å². The minimum atomic E-state index is -0.905. The number of halogens is 2. The SMILES string of the molecule is O=C(O)CCCC(=O)N1N=C(c2ccc(Br)cc2)C[C@H]1c1ccc(Cl)cc1. The van der Waals surface area contributed by atoms with Gasteiger partial charge in [-0.25, -0.2) is 5.01 Å². The average molecular weight is 450 g/mol. The van der Waals surface area contributed by atoms with Gasteiger partial charge < -0.3 is 5.11 Å². The van der Waals surface area contributed by atoms with Crippen LogP contribution in [-0.2, 0) is 9.59 Å². The first-order valence-electron chi connectivity index (χ1n) is 8.57. The molecule has 0 unspecified atom stereocenters. The molecule has 0 aliphatic carbocycles. The number of hydrogen-bond donors (Lipinski definition) is 1. The van der Waals surface area contributed by atoms with Gasteiger partial charge in [0.15, 0.2) is 0 Å². The molecule has 0 spiro atoms. The lowest BCUT2D eigenvalue weighted by atomic mass is 9.98. The molecule has 27 heavy (non-hydrogen) atoms. The number of hydrogen-bond acceptors (Lipinski definition) is 3. The van der Waals surface area contributed by atoms with E-state index >= 15 is 0 Å². The first kappa shape index (κ1) is 19.6. The number of aliphatic carboxylic acids is 1. The Balaban J connectivity index is 1.85. The van der Waals surface area contributed by atoms with Gasteiger partial charge in [-0.1, -0.05) is 51.8 Å². The van der Waals surface area contributed by atoms with Crippen LogP contribution in [0.5, 0.6) is 0 Å². The summed E-state index contributed by atoms with van der Waals surface area (Å²) in [6.07, 6.45) is 0.997. The first-order valence-corrected chi connectivity index (χ1v) is 9.74. The molecule has 2 aromatic carbocycles. The predicted octanol–water partition coefficient (Wildman–Crippen LogP) is 5.04. The Morgan fingerprint density at radius 3 is 2.41 bits per heavy atom. The predicted molar refractivity (Wildman–Crippen MR) is 108 cm³/mol. The lowest BCUT2D eigenvalue weighted by Gasteiger charge is -2.22. The maximum absolute atomic E-state index is 12.7.